The van der Waals surface area contributed by atoms with Gasteiger partial charge in [0.1, 0.15) is 5.76 Å². The molecule has 0 amide bonds. The second kappa shape index (κ2) is 10.4. The summed E-state index contributed by atoms with van der Waals surface area (Å²) in [6.07, 6.45) is 15.2. The molecule has 25 heavy (non-hydrogen) atoms. The summed E-state index contributed by atoms with van der Waals surface area (Å²) >= 11 is 0. The number of hydrogen-bond acceptors (Lipinski definition) is 3. The maximum Gasteiger partial charge on any atom is 0.351 e. The van der Waals surface area contributed by atoms with Crippen molar-refractivity contribution >= 4 is 11.1 Å². The molecule has 2 aromatic heterocycles. The van der Waals surface area contributed by atoms with E-state index in [9.17, 15) is 4.79 Å². The molecule has 0 aliphatic rings. The largest absolute Gasteiger partial charge is 0.443 e. The van der Waals surface area contributed by atoms with E-state index in [4.69, 9.17) is 4.42 Å². The Morgan fingerprint density at radius 2 is 1.64 bits per heavy atom. The Bertz CT molecular complexity index is 683. The van der Waals surface area contributed by atoms with Crippen LogP contribution in [0.15, 0.2) is 21.5 Å². The van der Waals surface area contributed by atoms with Crippen molar-refractivity contribution in [2.45, 2.75) is 97.4 Å². The van der Waals surface area contributed by atoms with Crippen LogP contribution in [0.1, 0.15) is 96.8 Å². The number of nitrogens with zero attached hydrogens (tertiary/aromatic N) is 2. The van der Waals surface area contributed by atoms with Gasteiger partial charge in [0.2, 0.25) is 5.71 Å². The predicted molar refractivity (Wildman–Crippen MR) is 104 cm³/mol. The van der Waals surface area contributed by atoms with E-state index in [0.717, 1.165) is 36.8 Å². The Labute approximate surface area is 151 Å². The minimum Gasteiger partial charge on any atom is -0.443 e. The molecule has 0 aliphatic carbocycles. The van der Waals surface area contributed by atoms with Gasteiger partial charge < -0.3 is 4.42 Å². The predicted octanol–water partition coefficient (Wildman–Crippen LogP) is 6.03. The van der Waals surface area contributed by atoms with Crippen LogP contribution in [0.25, 0.3) is 11.1 Å². The first-order chi connectivity index (χ1) is 12.2. The van der Waals surface area contributed by atoms with E-state index in [-0.39, 0.29) is 11.7 Å². The van der Waals surface area contributed by atoms with Crippen LogP contribution < -0.4 is 5.69 Å². The van der Waals surface area contributed by atoms with Crippen LogP contribution >= 0.6 is 0 Å². The molecule has 4 heteroatoms. The summed E-state index contributed by atoms with van der Waals surface area (Å²) in [6, 6.07) is 2.28. The van der Waals surface area contributed by atoms with Crippen molar-refractivity contribution in [3.05, 3.63) is 28.5 Å². The fraction of sp³-hybridized carbons (Fsp3) is 0.714. The van der Waals surface area contributed by atoms with Gasteiger partial charge in [-0.05, 0) is 25.3 Å². The lowest BCUT2D eigenvalue weighted by Crippen LogP contribution is -2.25. The topological polar surface area (TPSA) is 48.0 Å². The zero-order chi connectivity index (χ0) is 18.1. The number of hydrogen-bond donors (Lipinski definition) is 0. The van der Waals surface area contributed by atoms with Gasteiger partial charge in [-0.3, -0.25) is 4.57 Å². The number of unbranched alkanes of at least 4 members (excludes halogenated alkanes) is 7. The van der Waals surface area contributed by atoms with Crippen molar-refractivity contribution in [1.29, 1.82) is 0 Å². The molecule has 0 N–H and O–H groups in total. The summed E-state index contributed by atoms with van der Waals surface area (Å²) in [5, 5.41) is 0.945. The molecule has 0 fully saturated rings. The molecule has 0 atom stereocenters. The third-order valence-electron chi connectivity index (χ3n) is 5.10. The molecule has 0 aromatic carbocycles. The number of rotatable bonds is 12. The van der Waals surface area contributed by atoms with Crippen LogP contribution in [-0.2, 0) is 6.42 Å². The minimum atomic E-state index is -0.200. The second-order valence-corrected chi connectivity index (χ2v) is 7.10. The van der Waals surface area contributed by atoms with Crippen molar-refractivity contribution in [1.82, 2.24) is 9.55 Å². The fourth-order valence-corrected chi connectivity index (χ4v) is 3.48. The second-order valence-electron chi connectivity index (χ2n) is 7.10. The standard InChI is InChI=1S/C21H34N2O2/c1-4-7-8-9-10-11-12-13-14-19-15-17-16-23(18(5-2)6-3)21(24)22-20(17)25-19/h15-16,18H,4-14H2,1-3H3. The maximum atomic E-state index is 12.2. The third kappa shape index (κ3) is 5.72. The Kier molecular flexibility index (Phi) is 8.23. The summed E-state index contributed by atoms with van der Waals surface area (Å²) in [5.74, 6) is 0.954. The first-order valence-electron chi connectivity index (χ1n) is 10.2. The van der Waals surface area contributed by atoms with Crippen LogP contribution in [0.4, 0.5) is 0 Å². The van der Waals surface area contributed by atoms with Crippen molar-refractivity contribution in [2.24, 2.45) is 0 Å². The molecule has 0 aliphatic heterocycles. The van der Waals surface area contributed by atoms with E-state index in [0.29, 0.717) is 5.71 Å². The van der Waals surface area contributed by atoms with Crippen LogP contribution in [0.3, 0.4) is 0 Å². The molecule has 2 aromatic rings. The van der Waals surface area contributed by atoms with E-state index >= 15 is 0 Å². The molecule has 2 rings (SSSR count). The molecular formula is C21H34N2O2. The van der Waals surface area contributed by atoms with Crippen molar-refractivity contribution in [3.8, 4) is 0 Å². The van der Waals surface area contributed by atoms with Gasteiger partial charge in [-0.25, -0.2) is 4.79 Å². The maximum absolute atomic E-state index is 12.2. The molecule has 0 bridgehead atoms. The van der Waals surface area contributed by atoms with Gasteiger partial charge in [0.25, 0.3) is 0 Å². The molecule has 0 unspecified atom stereocenters. The molecule has 0 saturated carbocycles. The van der Waals surface area contributed by atoms with Crippen molar-refractivity contribution < 1.29 is 4.42 Å². The molecule has 2 heterocycles. The first-order valence-corrected chi connectivity index (χ1v) is 10.2. The number of furan rings is 1. The van der Waals surface area contributed by atoms with Gasteiger partial charge in [-0.2, -0.15) is 4.98 Å². The highest BCUT2D eigenvalue weighted by molar-refractivity contribution is 5.72. The third-order valence-corrected chi connectivity index (χ3v) is 5.10. The molecule has 4 nitrogen and oxygen atoms in total. The van der Waals surface area contributed by atoms with Crippen LogP contribution in [0.2, 0.25) is 0 Å². The Hall–Kier alpha value is -1.58. The average Bonchev–Trinajstić information content (AvgIpc) is 3.00. The highest BCUT2D eigenvalue weighted by atomic mass is 16.3. The molecular weight excluding hydrogens is 312 g/mol. The highest BCUT2D eigenvalue weighted by Gasteiger charge is 2.13. The number of aromatic nitrogens is 2. The average molecular weight is 347 g/mol. The summed E-state index contributed by atoms with van der Waals surface area (Å²) in [5.41, 5.74) is 0.288. The lowest BCUT2D eigenvalue weighted by Gasteiger charge is -2.14. The van der Waals surface area contributed by atoms with Gasteiger partial charge in [0.05, 0.1) is 5.39 Å². The highest BCUT2D eigenvalue weighted by Crippen LogP contribution is 2.21. The lowest BCUT2D eigenvalue weighted by atomic mass is 10.1. The van der Waals surface area contributed by atoms with Crippen LogP contribution in [-0.4, -0.2) is 9.55 Å². The van der Waals surface area contributed by atoms with E-state index < -0.39 is 0 Å². The quantitative estimate of drug-likeness (QED) is 0.441. The van der Waals surface area contributed by atoms with Gasteiger partial charge in [0, 0.05) is 18.7 Å². The van der Waals surface area contributed by atoms with Gasteiger partial charge in [-0.1, -0.05) is 65.7 Å². The Balaban J connectivity index is 1.87. The van der Waals surface area contributed by atoms with E-state index in [1.807, 2.05) is 6.20 Å². The summed E-state index contributed by atoms with van der Waals surface area (Å²) < 4.78 is 7.55. The Morgan fingerprint density at radius 3 is 2.28 bits per heavy atom. The summed E-state index contributed by atoms with van der Waals surface area (Å²) in [6.45, 7) is 6.46. The van der Waals surface area contributed by atoms with Gasteiger partial charge in [0.15, 0.2) is 0 Å². The van der Waals surface area contributed by atoms with Crippen molar-refractivity contribution in [2.75, 3.05) is 0 Å². The van der Waals surface area contributed by atoms with Crippen molar-refractivity contribution in [3.63, 3.8) is 0 Å². The Morgan fingerprint density at radius 1 is 1.00 bits per heavy atom. The fourth-order valence-electron chi connectivity index (χ4n) is 3.48. The normalized spacial score (nSPS) is 11.7. The molecule has 0 radical (unpaired) electrons. The summed E-state index contributed by atoms with van der Waals surface area (Å²) in [7, 11) is 0. The molecule has 0 saturated heterocycles. The monoisotopic (exact) mass is 346 g/mol. The van der Waals surface area contributed by atoms with Crippen LogP contribution in [0, 0.1) is 0 Å². The first kappa shape index (κ1) is 19.7. The van der Waals surface area contributed by atoms with Gasteiger partial charge in [-0.15, -0.1) is 0 Å². The zero-order valence-corrected chi connectivity index (χ0v) is 16.2. The van der Waals surface area contributed by atoms with E-state index in [1.54, 1.807) is 4.57 Å². The molecule has 0 spiro atoms. The lowest BCUT2D eigenvalue weighted by molar-refractivity contribution is 0.449. The number of fused-ring (bicyclic) bond motifs is 1. The smallest absolute Gasteiger partial charge is 0.351 e. The van der Waals surface area contributed by atoms with Crippen LogP contribution in [0.5, 0.6) is 0 Å². The minimum absolute atomic E-state index is 0.200. The summed E-state index contributed by atoms with van der Waals surface area (Å²) in [4.78, 5) is 16.3. The number of aryl methyl sites for hydroxylation is 1. The molecule has 140 valence electrons. The zero-order valence-electron chi connectivity index (χ0n) is 16.2. The van der Waals surface area contributed by atoms with E-state index in [2.05, 4.69) is 31.8 Å². The van der Waals surface area contributed by atoms with Gasteiger partial charge >= 0.3 is 5.69 Å². The SMILES string of the molecule is CCCCCCCCCCc1cc2cn(C(CC)CC)c(=O)nc2o1. The van der Waals surface area contributed by atoms with E-state index in [1.165, 1.54) is 44.9 Å².